The lowest BCUT2D eigenvalue weighted by Crippen LogP contribution is -2.49. The van der Waals surface area contributed by atoms with Crippen molar-refractivity contribution in [2.24, 2.45) is 0 Å². The quantitative estimate of drug-likeness (QED) is 0.834. The van der Waals surface area contributed by atoms with Gasteiger partial charge in [-0.3, -0.25) is 14.5 Å². The minimum Gasteiger partial charge on any atom is -0.358 e. The molecule has 1 fully saturated rings. The van der Waals surface area contributed by atoms with Crippen LogP contribution in [0.5, 0.6) is 0 Å². The number of benzene rings is 1. The van der Waals surface area contributed by atoms with E-state index in [1.165, 1.54) is 0 Å². The normalized spacial score (nSPS) is 20.6. The van der Waals surface area contributed by atoms with Crippen molar-refractivity contribution in [3.63, 3.8) is 0 Å². The minimum absolute atomic E-state index is 0.0156. The van der Waals surface area contributed by atoms with Crippen molar-refractivity contribution in [3.8, 4) is 0 Å². The van der Waals surface area contributed by atoms with Crippen molar-refractivity contribution < 1.29 is 9.59 Å². The monoisotopic (exact) mass is 274 g/mol. The Morgan fingerprint density at radius 3 is 2.65 bits per heavy atom. The van der Waals surface area contributed by atoms with E-state index >= 15 is 0 Å². The predicted octanol–water partition coefficient (Wildman–Crippen LogP) is 1.86. The van der Waals surface area contributed by atoms with Crippen LogP contribution in [0.4, 0.5) is 0 Å². The van der Waals surface area contributed by atoms with Gasteiger partial charge in [0.1, 0.15) is 0 Å². The second kappa shape index (κ2) is 6.66. The summed E-state index contributed by atoms with van der Waals surface area (Å²) in [5, 5.41) is 2.70. The van der Waals surface area contributed by atoms with E-state index in [1.54, 1.807) is 7.05 Å². The molecule has 0 aromatic heterocycles. The number of likely N-dealkylation sites (N-methyl/N-ethyl adjacent to an activating group) is 1. The van der Waals surface area contributed by atoms with Gasteiger partial charge < -0.3 is 5.32 Å². The Bertz CT molecular complexity index is 473. The highest BCUT2D eigenvalue weighted by atomic mass is 16.2. The van der Waals surface area contributed by atoms with E-state index in [9.17, 15) is 9.59 Å². The van der Waals surface area contributed by atoms with E-state index < -0.39 is 0 Å². The highest BCUT2D eigenvalue weighted by molar-refractivity contribution is 6.00. The van der Waals surface area contributed by atoms with E-state index in [-0.39, 0.29) is 23.8 Å². The molecule has 1 aromatic carbocycles. The van der Waals surface area contributed by atoms with Crippen LogP contribution in [0.2, 0.25) is 0 Å². The number of Topliss-reactive ketones (excluding diaryl/α,β-unsaturated/α-hetero) is 1. The fourth-order valence-corrected chi connectivity index (χ4v) is 2.98. The molecule has 0 bridgehead atoms. The number of likely N-dealkylation sites (tertiary alicyclic amines) is 1. The molecule has 1 heterocycles. The molecular formula is C16H22N2O2. The van der Waals surface area contributed by atoms with Gasteiger partial charge in [-0.2, -0.15) is 0 Å². The fraction of sp³-hybridized carbons (Fsp3) is 0.500. The first-order chi connectivity index (χ1) is 9.69. The Hall–Kier alpha value is -1.68. The van der Waals surface area contributed by atoms with Crippen molar-refractivity contribution in [1.29, 1.82) is 0 Å². The number of nitrogens with one attached hydrogen (secondary N) is 1. The van der Waals surface area contributed by atoms with Gasteiger partial charge in [-0.1, -0.05) is 37.3 Å². The Balaban J connectivity index is 2.19. The topological polar surface area (TPSA) is 49.4 Å². The molecule has 2 atom stereocenters. The summed E-state index contributed by atoms with van der Waals surface area (Å²) in [6.07, 6.45) is 2.52. The third-order valence-electron chi connectivity index (χ3n) is 3.99. The number of carbonyl (C=O) groups excluding carboxylic acids is 2. The first-order valence-electron chi connectivity index (χ1n) is 7.25. The van der Waals surface area contributed by atoms with Gasteiger partial charge in [0.25, 0.3) is 0 Å². The van der Waals surface area contributed by atoms with Gasteiger partial charge in [0, 0.05) is 12.6 Å². The molecule has 0 saturated carbocycles. The maximum Gasteiger partial charge on any atom is 0.237 e. The van der Waals surface area contributed by atoms with Crippen LogP contribution in [0.15, 0.2) is 30.3 Å². The van der Waals surface area contributed by atoms with Crippen LogP contribution in [-0.2, 0) is 4.79 Å². The molecule has 2 unspecified atom stereocenters. The number of ketones is 1. The van der Waals surface area contributed by atoms with Crippen LogP contribution in [0, 0.1) is 0 Å². The summed E-state index contributed by atoms with van der Waals surface area (Å²) in [5.41, 5.74) is 0.724. The summed E-state index contributed by atoms with van der Waals surface area (Å²) in [5.74, 6) is 0.130. The number of carbonyl (C=O) groups is 2. The van der Waals surface area contributed by atoms with E-state index in [1.807, 2.05) is 37.3 Å². The van der Waals surface area contributed by atoms with E-state index in [2.05, 4.69) is 10.2 Å². The van der Waals surface area contributed by atoms with Gasteiger partial charge in [-0.05, 0) is 25.8 Å². The van der Waals surface area contributed by atoms with Crippen molar-refractivity contribution in [2.45, 2.75) is 38.3 Å². The second-order valence-electron chi connectivity index (χ2n) is 5.16. The average Bonchev–Trinajstić information content (AvgIpc) is 2.97. The highest BCUT2D eigenvalue weighted by Crippen LogP contribution is 2.24. The average molecular weight is 274 g/mol. The predicted molar refractivity (Wildman–Crippen MR) is 78.6 cm³/mol. The van der Waals surface area contributed by atoms with Crippen molar-refractivity contribution in [3.05, 3.63) is 35.9 Å². The zero-order chi connectivity index (χ0) is 14.5. The van der Waals surface area contributed by atoms with Crippen molar-refractivity contribution in [2.75, 3.05) is 13.6 Å². The maximum absolute atomic E-state index is 12.6. The third kappa shape index (κ3) is 2.90. The van der Waals surface area contributed by atoms with Gasteiger partial charge in [-0.25, -0.2) is 0 Å². The first-order valence-corrected chi connectivity index (χ1v) is 7.25. The first kappa shape index (κ1) is 14.7. The van der Waals surface area contributed by atoms with Crippen LogP contribution in [0.25, 0.3) is 0 Å². The maximum atomic E-state index is 12.6. The van der Waals surface area contributed by atoms with Gasteiger partial charge in [-0.15, -0.1) is 0 Å². The Labute approximate surface area is 120 Å². The molecule has 1 aromatic rings. The standard InChI is InChI=1S/C16H22N2O2/c1-3-13(15(19)12-8-5-4-6-9-12)18-11-7-10-14(18)16(20)17-2/h4-6,8-9,13-14H,3,7,10-11H2,1-2H3,(H,17,20). The lowest BCUT2D eigenvalue weighted by Gasteiger charge is -2.30. The molecule has 20 heavy (non-hydrogen) atoms. The Kier molecular flexibility index (Phi) is 4.90. The van der Waals surface area contributed by atoms with Crippen LogP contribution in [-0.4, -0.2) is 42.3 Å². The number of rotatable bonds is 5. The summed E-state index contributed by atoms with van der Waals surface area (Å²) in [4.78, 5) is 26.6. The Morgan fingerprint density at radius 2 is 2.05 bits per heavy atom. The molecule has 0 spiro atoms. The summed E-state index contributed by atoms with van der Waals surface area (Å²) >= 11 is 0. The zero-order valence-electron chi connectivity index (χ0n) is 12.1. The summed E-state index contributed by atoms with van der Waals surface area (Å²) in [7, 11) is 1.65. The molecule has 0 aliphatic carbocycles. The number of amides is 1. The summed E-state index contributed by atoms with van der Waals surface area (Å²) in [6.45, 7) is 2.82. The second-order valence-corrected chi connectivity index (χ2v) is 5.16. The minimum atomic E-state index is -0.206. The molecule has 4 nitrogen and oxygen atoms in total. The van der Waals surface area contributed by atoms with Crippen molar-refractivity contribution >= 4 is 11.7 Å². The number of nitrogens with zero attached hydrogens (tertiary/aromatic N) is 1. The molecule has 1 amide bonds. The molecule has 0 radical (unpaired) electrons. The number of hydrogen-bond donors (Lipinski definition) is 1. The smallest absolute Gasteiger partial charge is 0.237 e. The summed E-state index contributed by atoms with van der Waals surface area (Å²) < 4.78 is 0. The zero-order valence-corrected chi connectivity index (χ0v) is 12.1. The van der Waals surface area contributed by atoms with E-state index in [4.69, 9.17) is 0 Å². The molecule has 1 saturated heterocycles. The van der Waals surface area contributed by atoms with Gasteiger partial charge in [0.05, 0.1) is 12.1 Å². The molecule has 4 heteroatoms. The van der Waals surface area contributed by atoms with Crippen LogP contribution >= 0.6 is 0 Å². The molecule has 1 aliphatic rings. The van der Waals surface area contributed by atoms with Crippen molar-refractivity contribution in [1.82, 2.24) is 10.2 Å². The number of hydrogen-bond acceptors (Lipinski definition) is 3. The van der Waals surface area contributed by atoms with Crippen LogP contribution in [0.3, 0.4) is 0 Å². The van der Waals surface area contributed by atoms with Gasteiger partial charge >= 0.3 is 0 Å². The SMILES string of the molecule is CCC(C(=O)c1ccccc1)N1CCCC1C(=O)NC. The lowest BCUT2D eigenvalue weighted by atomic mass is 10.00. The van der Waals surface area contributed by atoms with Crippen LogP contribution in [0.1, 0.15) is 36.5 Å². The van der Waals surface area contributed by atoms with Gasteiger partial charge in [0.15, 0.2) is 5.78 Å². The fourth-order valence-electron chi connectivity index (χ4n) is 2.98. The molecular weight excluding hydrogens is 252 g/mol. The molecule has 108 valence electrons. The van der Waals surface area contributed by atoms with E-state index in [0.29, 0.717) is 0 Å². The largest absolute Gasteiger partial charge is 0.358 e. The van der Waals surface area contributed by atoms with Crippen LogP contribution < -0.4 is 5.32 Å². The molecule has 1 N–H and O–H groups in total. The summed E-state index contributed by atoms with van der Waals surface area (Å²) in [6, 6.07) is 8.97. The lowest BCUT2D eigenvalue weighted by molar-refractivity contribution is -0.125. The molecule has 2 rings (SSSR count). The molecule has 1 aliphatic heterocycles. The highest BCUT2D eigenvalue weighted by Gasteiger charge is 2.37. The third-order valence-corrected chi connectivity index (χ3v) is 3.99. The Morgan fingerprint density at radius 1 is 1.35 bits per heavy atom. The van der Waals surface area contributed by atoms with Gasteiger partial charge in [0.2, 0.25) is 5.91 Å². The van der Waals surface area contributed by atoms with E-state index in [0.717, 1.165) is 31.4 Å².